The summed E-state index contributed by atoms with van der Waals surface area (Å²) in [6.45, 7) is 0. The molecule has 0 radical (unpaired) electrons. The number of benzene rings is 1. The summed E-state index contributed by atoms with van der Waals surface area (Å²) in [5.41, 5.74) is 5.34. The number of anilines is 1. The van der Waals surface area contributed by atoms with Crippen molar-refractivity contribution in [2.24, 2.45) is 0 Å². The summed E-state index contributed by atoms with van der Waals surface area (Å²) < 4.78 is 17.7. The smallest absolute Gasteiger partial charge is 0.364 e. The molecule has 1 aromatic carbocycles. The minimum atomic E-state index is -0.740. The van der Waals surface area contributed by atoms with Crippen LogP contribution >= 0.6 is 0 Å². The van der Waals surface area contributed by atoms with Gasteiger partial charge in [-0.2, -0.15) is 0 Å². The quantitative estimate of drug-likeness (QED) is 0.626. The number of carbonyl (C=O) groups is 1. The third-order valence-electron chi connectivity index (χ3n) is 1.87. The summed E-state index contributed by atoms with van der Waals surface area (Å²) in [4.78, 5) is 19.0. The fourth-order valence-corrected chi connectivity index (χ4v) is 1.17. The van der Waals surface area contributed by atoms with Gasteiger partial charge in [0.2, 0.25) is 0 Å². The number of rotatable bonds is 2. The van der Waals surface area contributed by atoms with E-state index in [1.165, 1.54) is 30.6 Å². The van der Waals surface area contributed by atoms with Crippen molar-refractivity contribution in [3.63, 3.8) is 0 Å². The molecule has 0 aliphatic carbocycles. The third kappa shape index (κ3) is 2.75. The Morgan fingerprint density at radius 3 is 2.88 bits per heavy atom. The fourth-order valence-electron chi connectivity index (χ4n) is 1.17. The maximum Gasteiger partial charge on any atom is 0.364 e. The largest absolute Gasteiger partial charge is 0.422 e. The average Bonchev–Trinajstić information content (AvgIpc) is 2.29. The molecule has 0 bridgehead atoms. The second-order valence-electron chi connectivity index (χ2n) is 3.18. The molecule has 2 rings (SSSR count). The molecule has 0 saturated carbocycles. The van der Waals surface area contributed by atoms with Crippen molar-refractivity contribution >= 4 is 11.8 Å². The molecule has 0 atom stereocenters. The van der Waals surface area contributed by atoms with E-state index in [4.69, 9.17) is 10.5 Å². The first-order chi connectivity index (χ1) is 8.15. The molecule has 1 heterocycles. The van der Waals surface area contributed by atoms with Crippen LogP contribution in [0.1, 0.15) is 10.5 Å². The first-order valence-corrected chi connectivity index (χ1v) is 4.70. The Labute approximate surface area is 96.1 Å². The lowest BCUT2D eigenvalue weighted by Gasteiger charge is -2.03. The monoisotopic (exact) mass is 233 g/mol. The van der Waals surface area contributed by atoms with E-state index >= 15 is 0 Å². The highest BCUT2D eigenvalue weighted by Gasteiger charge is 2.11. The van der Waals surface area contributed by atoms with Crippen LogP contribution in [0, 0.1) is 5.82 Å². The predicted molar refractivity (Wildman–Crippen MR) is 57.8 cm³/mol. The Balaban J connectivity index is 2.17. The van der Waals surface area contributed by atoms with Crippen LogP contribution in [-0.4, -0.2) is 15.9 Å². The molecular weight excluding hydrogens is 225 g/mol. The molecule has 86 valence electrons. The molecule has 6 heteroatoms. The van der Waals surface area contributed by atoms with Crippen LogP contribution in [0.25, 0.3) is 0 Å². The Hall–Kier alpha value is -2.50. The molecule has 0 unspecified atom stereocenters. The molecule has 0 saturated heterocycles. The van der Waals surface area contributed by atoms with Crippen molar-refractivity contribution in [2.75, 3.05) is 5.73 Å². The number of nitrogen functional groups attached to an aromatic ring is 1. The summed E-state index contributed by atoms with van der Waals surface area (Å²) in [7, 11) is 0. The van der Waals surface area contributed by atoms with Gasteiger partial charge in [0.15, 0.2) is 5.69 Å². The van der Waals surface area contributed by atoms with Gasteiger partial charge in [0.25, 0.3) is 0 Å². The van der Waals surface area contributed by atoms with Crippen LogP contribution in [0.2, 0.25) is 0 Å². The maximum atomic E-state index is 12.8. The van der Waals surface area contributed by atoms with Gasteiger partial charge in [0.05, 0.1) is 12.4 Å². The second-order valence-corrected chi connectivity index (χ2v) is 3.18. The number of aromatic nitrogens is 2. The van der Waals surface area contributed by atoms with Crippen LogP contribution < -0.4 is 10.5 Å². The zero-order valence-corrected chi connectivity index (χ0v) is 8.63. The Bertz CT molecular complexity index is 560. The van der Waals surface area contributed by atoms with Crippen molar-refractivity contribution < 1.29 is 13.9 Å². The number of nitrogens with two attached hydrogens (primary N) is 1. The van der Waals surface area contributed by atoms with Crippen LogP contribution in [0.15, 0.2) is 36.7 Å². The van der Waals surface area contributed by atoms with Gasteiger partial charge in [0.1, 0.15) is 17.4 Å². The van der Waals surface area contributed by atoms with E-state index in [1.807, 2.05) is 0 Å². The van der Waals surface area contributed by atoms with Crippen molar-refractivity contribution in [3.05, 3.63) is 48.2 Å². The number of halogens is 1. The molecule has 5 nitrogen and oxygen atoms in total. The highest BCUT2D eigenvalue weighted by molar-refractivity contribution is 5.88. The predicted octanol–water partition coefficient (Wildman–Crippen LogP) is 1.42. The number of hydrogen-bond acceptors (Lipinski definition) is 5. The minimum Gasteiger partial charge on any atom is -0.422 e. The first-order valence-electron chi connectivity index (χ1n) is 4.70. The van der Waals surface area contributed by atoms with Gasteiger partial charge in [-0.3, -0.25) is 4.98 Å². The Kier molecular flexibility index (Phi) is 2.95. The summed E-state index contributed by atoms with van der Waals surface area (Å²) in [6.07, 6.45) is 2.52. The number of ether oxygens (including phenoxy) is 1. The van der Waals surface area contributed by atoms with Crippen molar-refractivity contribution in [3.8, 4) is 5.75 Å². The maximum absolute atomic E-state index is 12.8. The van der Waals surface area contributed by atoms with Gasteiger partial charge in [0, 0.05) is 6.07 Å². The van der Waals surface area contributed by atoms with Gasteiger partial charge in [-0.15, -0.1) is 0 Å². The van der Waals surface area contributed by atoms with E-state index in [9.17, 15) is 9.18 Å². The van der Waals surface area contributed by atoms with Crippen molar-refractivity contribution in [1.29, 1.82) is 0 Å². The summed E-state index contributed by atoms with van der Waals surface area (Å²) in [6, 6.07) is 5.24. The zero-order valence-electron chi connectivity index (χ0n) is 8.63. The molecule has 0 amide bonds. The second kappa shape index (κ2) is 4.56. The SMILES string of the molecule is Nc1cncc(C(=O)Oc2cccc(F)c2)n1. The van der Waals surface area contributed by atoms with Crippen LogP contribution in [0.5, 0.6) is 5.75 Å². The first kappa shape index (κ1) is 11.0. The molecule has 17 heavy (non-hydrogen) atoms. The summed E-state index contributed by atoms with van der Waals surface area (Å²) in [5, 5.41) is 0. The van der Waals surface area contributed by atoms with Gasteiger partial charge in [-0.25, -0.2) is 14.2 Å². The fraction of sp³-hybridized carbons (Fsp3) is 0. The molecule has 0 aliphatic rings. The normalized spacial score (nSPS) is 9.94. The molecule has 2 N–H and O–H groups in total. The summed E-state index contributed by atoms with van der Waals surface area (Å²) >= 11 is 0. The average molecular weight is 233 g/mol. The van der Waals surface area contributed by atoms with Gasteiger partial charge >= 0.3 is 5.97 Å². The summed E-state index contributed by atoms with van der Waals surface area (Å²) in [5.74, 6) is -1.03. The molecular formula is C11H8FN3O2. The van der Waals surface area contributed by atoms with Gasteiger partial charge in [-0.05, 0) is 12.1 Å². The highest BCUT2D eigenvalue weighted by Crippen LogP contribution is 2.13. The lowest BCUT2D eigenvalue weighted by Crippen LogP contribution is -2.12. The highest BCUT2D eigenvalue weighted by atomic mass is 19.1. The van der Waals surface area contributed by atoms with E-state index in [-0.39, 0.29) is 17.3 Å². The van der Waals surface area contributed by atoms with Crippen molar-refractivity contribution in [2.45, 2.75) is 0 Å². The zero-order chi connectivity index (χ0) is 12.3. The van der Waals surface area contributed by atoms with Gasteiger partial charge < -0.3 is 10.5 Å². The van der Waals surface area contributed by atoms with E-state index in [2.05, 4.69) is 9.97 Å². The molecule has 0 spiro atoms. The van der Waals surface area contributed by atoms with Gasteiger partial charge in [-0.1, -0.05) is 6.07 Å². The molecule has 2 aromatic rings. The number of carbonyl (C=O) groups excluding carboxylic acids is 1. The topological polar surface area (TPSA) is 78.1 Å². The molecule has 1 aromatic heterocycles. The van der Waals surface area contributed by atoms with E-state index in [1.54, 1.807) is 0 Å². The van der Waals surface area contributed by atoms with Crippen molar-refractivity contribution in [1.82, 2.24) is 9.97 Å². The lowest BCUT2D eigenvalue weighted by atomic mass is 10.3. The van der Waals surface area contributed by atoms with Crippen LogP contribution in [0.3, 0.4) is 0 Å². The number of esters is 1. The van der Waals surface area contributed by atoms with E-state index < -0.39 is 11.8 Å². The van der Waals surface area contributed by atoms with E-state index in [0.29, 0.717) is 0 Å². The van der Waals surface area contributed by atoms with Crippen LogP contribution in [0.4, 0.5) is 10.2 Å². The number of nitrogens with zero attached hydrogens (tertiary/aromatic N) is 2. The number of hydrogen-bond donors (Lipinski definition) is 1. The lowest BCUT2D eigenvalue weighted by molar-refractivity contribution is 0.0728. The minimum absolute atomic E-state index is 0.0331. The standard InChI is InChI=1S/C11H8FN3O2/c12-7-2-1-3-8(4-7)17-11(16)9-5-14-6-10(13)15-9/h1-6H,(H2,13,15). The van der Waals surface area contributed by atoms with E-state index in [0.717, 1.165) is 6.07 Å². The Morgan fingerprint density at radius 2 is 2.18 bits per heavy atom. The Morgan fingerprint density at radius 1 is 1.35 bits per heavy atom. The third-order valence-corrected chi connectivity index (χ3v) is 1.87. The molecule has 0 aliphatic heterocycles. The van der Waals surface area contributed by atoms with Crippen LogP contribution in [-0.2, 0) is 0 Å². The molecule has 0 fully saturated rings.